The Morgan fingerprint density at radius 3 is 2.40 bits per heavy atom. The highest BCUT2D eigenvalue weighted by atomic mass is 35.5. The van der Waals surface area contributed by atoms with Gasteiger partial charge in [-0.1, -0.05) is 17.7 Å². The number of aryl methyl sites for hydroxylation is 1. The molecular formula is C15H11Cl2F3. The fourth-order valence-corrected chi connectivity index (χ4v) is 2.50. The third-order valence-corrected chi connectivity index (χ3v) is 3.80. The summed E-state index contributed by atoms with van der Waals surface area (Å²) in [5, 5.41) is -0.599. The fraction of sp³-hybridized carbons (Fsp3) is 0.200. The molecule has 0 spiro atoms. The third-order valence-electron chi connectivity index (χ3n) is 3.06. The van der Waals surface area contributed by atoms with Crippen molar-refractivity contribution in [2.45, 2.75) is 18.7 Å². The highest BCUT2D eigenvalue weighted by Gasteiger charge is 2.19. The monoisotopic (exact) mass is 318 g/mol. The quantitative estimate of drug-likeness (QED) is 0.647. The van der Waals surface area contributed by atoms with Crippen molar-refractivity contribution in [3.8, 4) is 0 Å². The van der Waals surface area contributed by atoms with Gasteiger partial charge >= 0.3 is 0 Å². The first-order valence-corrected chi connectivity index (χ1v) is 6.74. The lowest BCUT2D eigenvalue weighted by Crippen LogP contribution is -2.03. The SMILES string of the molecule is Cc1cc(C(Cl)Cc2c(F)cccc2Cl)c(F)cc1F. The number of hydrogen-bond donors (Lipinski definition) is 0. The van der Waals surface area contributed by atoms with Crippen LogP contribution in [0.2, 0.25) is 5.02 Å². The fourth-order valence-electron chi connectivity index (χ4n) is 1.94. The van der Waals surface area contributed by atoms with Gasteiger partial charge in [0, 0.05) is 22.2 Å². The molecule has 0 amide bonds. The Balaban J connectivity index is 2.33. The van der Waals surface area contributed by atoms with Crippen LogP contribution in [0.1, 0.15) is 22.1 Å². The van der Waals surface area contributed by atoms with E-state index in [4.69, 9.17) is 23.2 Å². The summed E-state index contributed by atoms with van der Waals surface area (Å²) in [6.07, 6.45) is 0.0229. The maximum atomic E-state index is 13.7. The predicted molar refractivity (Wildman–Crippen MR) is 74.8 cm³/mol. The Bertz CT molecular complexity index is 621. The molecule has 0 fully saturated rings. The van der Waals surface area contributed by atoms with Crippen molar-refractivity contribution < 1.29 is 13.2 Å². The second-order valence-electron chi connectivity index (χ2n) is 4.49. The van der Waals surface area contributed by atoms with Crippen molar-refractivity contribution in [3.05, 3.63) is 69.5 Å². The topological polar surface area (TPSA) is 0 Å². The Morgan fingerprint density at radius 1 is 1.05 bits per heavy atom. The van der Waals surface area contributed by atoms with Gasteiger partial charge in [-0.3, -0.25) is 0 Å². The summed E-state index contributed by atoms with van der Waals surface area (Å²) in [4.78, 5) is 0. The van der Waals surface area contributed by atoms with Crippen molar-refractivity contribution in [1.29, 1.82) is 0 Å². The lowest BCUT2D eigenvalue weighted by Gasteiger charge is -2.14. The average Bonchev–Trinajstić information content (AvgIpc) is 2.38. The minimum atomic E-state index is -0.830. The van der Waals surface area contributed by atoms with Crippen LogP contribution >= 0.6 is 23.2 Å². The Hall–Kier alpha value is -1.19. The van der Waals surface area contributed by atoms with E-state index in [0.29, 0.717) is 0 Å². The first-order valence-electron chi connectivity index (χ1n) is 5.92. The number of rotatable bonds is 3. The standard InChI is InChI=1S/C15H11Cl2F3/c1-8-5-9(15(20)7-14(8)19)12(17)6-10-11(16)3-2-4-13(10)18/h2-5,7,12H,6H2,1H3. The minimum Gasteiger partial charge on any atom is -0.207 e. The van der Waals surface area contributed by atoms with E-state index in [-0.39, 0.29) is 28.1 Å². The van der Waals surface area contributed by atoms with Crippen LogP contribution in [0.25, 0.3) is 0 Å². The van der Waals surface area contributed by atoms with Gasteiger partial charge < -0.3 is 0 Å². The van der Waals surface area contributed by atoms with E-state index in [2.05, 4.69) is 0 Å². The summed E-state index contributed by atoms with van der Waals surface area (Å²) in [5.41, 5.74) is 0.632. The van der Waals surface area contributed by atoms with E-state index >= 15 is 0 Å². The zero-order valence-electron chi connectivity index (χ0n) is 10.6. The van der Waals surface area contributed by atoms with E-state index in [1.165, 1.54) is 31.2 Å². The van der Waals surface area contributed by atoms with E-state index in [1.54, 1.807) is 0 Å². The van der Waals surface area contributed by atoms with Crippen LogP contribution in [0.4, 0.5) is 13.2 Å². The molecular weight excluding hydrogens is 308 g/mol. The summed E-state index contributed by atoms with van der Waals surface area (Å²) in [6, 6.07) is 6.39. The van der Waals surface area contributed by atoms with Crippen LogP contribution in [0.15, 0.2) is 30.3 Å². The number of benzene rings is 2. The maximum absolute atomic E-state index is 13.7. The Morgan fingerprint density at radius 2 is 1.75 bits per heavy atom. The Kier molecular flexibility index (Phi) is 4.61. The van der Waals surface area contributed by atoms with Crippen molar-refractivity contribution in [2.24, 2.45) is 0 Å². The van der Waals surface area contributed by atoms with Gasteiger partial charge in [-0.15, -0.1) is 11.6 Å². The van der Waals surface area contributed by atoms with Crippen LogP contribution in [-0.2, 0) is 6.42 Å². The van der Waals surface area contributed by atoms with Crippen molar-refractivity contribution >= 4 is 23.2 Å². The van der Waals surface area contributed by atoms with Crippen molar-refractivity contribution in [3.63, 3.8) is 0 Å². The van der Waals surface area contributed by atoms with E-state index < -0.39 is 22.8 Å². The predicted octanol–water partition coefficient (Wildman–Crippen LogP) is 5.59. The lowest BCUT2D eigenvalue weighted by molar-refractivity contribution is 0.561. The second-order valence-corrected chi connectivity index (χ2v) is 5.43. The van der Waals surface area contributed by atoms with Gasteiger partial charge in [0.15, 0.2) is 0 Å². The summed E-state index contributed by atoms with van der Waals surface area (Å²) in [6.45, 7) is 1.51. The third kappa shape index (κ3) is 3.10. The summed E-state index contributed by atoms with van der Waals surface area (Å²) < 4.78 is 40.6. The molecule has 0 N–H and O–H groups in total. The molecule has 0 bridgehead atoms. The zero-order valence-corrected chi connectivity index (χ0v) is 12.1. The van der Waals surface area contributed by atoms with Gasteiger partial charge in [-0.05, 0) is 37.1 Å². The largest absolute Gasteiger partial charge is 0.207 e. The van der Waals surface area contributed by atoms with Crippen LogP contribution in [0.3, 0.4) is 0 Å². The van der Waals surface area contributed by atoms with Crippen LogP contribution < -0.4 is 0 Å². The molecule has 0 aliphatic rings. The van der Waals surface area contributed by atoms with E-state index in [0.717, 1.165) is 6.07 Å². The molecule has 0 aliphatic heterocycles. The first-order chi connectivity index (χ1) is 9.40. The van der Waals surface area contributed by atoms with E-state index in [9.17, 15) is 13.2 Å². The number of halogens is 5. The summed E-state index contributed by atoms with van der Waals surface area (Å²) in [7, 11) is 0. The van der Waals surface area contributed by atoms with Crippen LogP contribution in [0, 0.1) is 24.4 Å². The Labute approximate surface area is 125 Å². The zero-order chi connectivity index (χ0) is 14.9. The molecule has 5 heteroatoms. The maximum Gasteiger partial charge on any atom is 0.130 e. The molecule has 2 rings (SSSR count). The molecule has 0 saturated carbocycles. The van der Waals surface area contributed by atoms with Gasteiger partial charge in [-0.2, -0.15) is 0 Å². The molecule has 106 valence electrons. The molecule has 1 atom stereocenters. The highest BCUT2D eigenvalue weighted by molar-refractivity contribution is 6.31. The highest BCUT2D eigenvalue weighted by Crippen LogP contribution is 2.32. The smallest absolute Gasteiger partial charge is 0.130 e. The van der Waals surface area contributed by atoms with Crippen molar-refractivity contribution in [2.75, 3.05) is 0 Å². The molecule has 0 nitrogen and oxygen atoms in total. The second kappa shape index (κ2) is 6.06. The van der Waals surface area contributed by atoms with Gasteiger partial charge in [0.05, 0.1) is 5.38 Å². The molecule has 0 heterocycles. The molecule has 0 aromatic heterocycles. The van der Waals surface area contributed by atoms with E-state index in [1.807, 2.05) is 0 Å². The summed E-state index contributed by atoms with van der Waals surface area (Å²) in [5.74, 6) is -1.89. The molecule has 20 heavy (non-hydrogen) atoms. The van der Waals surface area contributed by atoms with Crippen LogP contribution in [0.5, 0.6) is 0 Å². The number of hydrogen-bond acceptors (Lipinski definition) is 0. The lowest BCUT2D eigenvalue weighted by atomic mass is 10.0. The molecule has 1 unspecified atom stereocenters. The molecule has 2 aromatic rings. The van der Waals surface area contributed by atoms with Gasteiger partial charge in [-0.25, -0.2) is 13.2 Å². The normalized spacial score (nSPS) is 12.5. The van der Waals surface area contributed by atoms with Gasteiger partial charge in [0.2, 0.25) is 0 Å². The average molecular weight is 319 g/mol. The molecule has 0 aliphatic carbocycles. The first kappa shape index (κ1) is 15.2. The van der Waals surface area contributed by atoms with Gasteiger partial charge in [0.25, 0.3) is 0 Å². The molecule has 0 radical (unpaired) electrons. The van der Waals surface area contributed by atoms with Crippen LogP contribution in [-0.4, -0.2) is 0 Å². The van der Waals surface area contributed by atoms with Crippen molar-refractivity contribution in [1.82, 2.24) is 0 Å². The van der Waals surface area contributed by atoms with Gasteiger partial charge in [0.1, 0.15) is 17.5 Å². The molecule has 2 aromatic carbocycles. The summed E-state index contributed by atoms with van der Waals surface area (Å²) >= 11 is 12.0. The molecule has 0 saturated heterocycles. The number of alkyl halides is 1. The minimum absolute atomic E-state index is 0.0229.